The van der Waals surface area contributed by atoms with Crippen LogP contribution in [0.2, 0.25) is 0 Å². The first kappa shape index (κ1) is 18.5. The lowest BCUT2D eigenvalue weighted by Crippen LogP contribution is -2.35. The summed E-state index contributed by atoms with van der Waals surface area (Å²) in [5.74, 6) is 0.101. The van der Waals surface area contributed by atoms with Crippen molar-refractivity contribution in [2.45, 2.75) is 19.3 Å². The molecule has 3 nitrogen and oxygen atoms in total. The van der Waals surface area contributed by atoms with Gasteiger partial charge in [0.15, 0.2) is 0 Å². The fourth-order valence-electron chi connectivity index (χ4n) is 2.77. The zero-order valence-electron chi connectivity index (χ0n) is 13.5. The summed E-state index contributed by atoms with van der Waals surface area (Å²) < 4.78 is 7.47. The largest absolute Gasteiger partial charge is 0.422 e. The third kappa shape index (κ3) is 4.68. The van der Waals surface area contributed by atoms with Crippen LogP contribution in [0.5, 0.6) is 5.75 Å². The fraction of sp³-hybridized carbons (Fsp3) is 0.263. The van der Waals surface area contributed by atoms with E-state index in [1.165, 1.54) is 6.42 Å². The van der Waals surface area contributed by atoms with Crippen LogP contribution in [0.4, 0.5) is 0 Å². The number of nitrogens with zero attached hydrogens (tertiary/aromatic N) is 1. The second-order valence-electron chi connectivity index (χ2n) is 5.89. The van der Waals surface area contributed by atoms with Crippen molar-refractivity contribution >= 4 is 55.0 Å². The lowest BCUT2D eigenvalue weighted by Gasteiger charge is -2.29. The van der Waals surface area contributed by atoms with E-state index in [0.717, 1.165) is 45.4 Å². The first-order chi connectivity index (χ1) is 12.0. The molecule has 0 N–H and O–H groups in total. The Bertz CT molecular complexity index is 787. The summed E-state index contributed by atoms with van der Waals surface area (Å²) in [4.78, 5) is 15.4. The lowest BCUT2D eigenvalue weighted by atomic mass is 10.1. The number of esters is 1. The van der Waals surface area contributed by atoms with Crippen molar-refractivity contribution in [2.75, 3.05) is 13.1 Å². The van der Waals surface area contributed by atoms with E-state index in [0.29, 0.717) is 11.3 Å². The molecule has 1 heterocycles. The molecular weight excluding hydrogens is 466 g/mol. The lowest BCUT2D eigenvalue weighted by molar-refractivity contribution is 0.0734. The fourth-order valence-corrected chi connectivity index (χ4v) is 3.74. The maximum Gasteiger partial charge on any atom is 0.343 e. The molecule has 0 unspecified atom stereocenters. The van der Waals surface area contributed by atoms with E-state index in [9.17, 15) is 4.79 Å². The molecule has 1 fully saturated rings. The molecule has 2 aromatic carbocycles. The molecule has 3 rings (SSSR count). The van der Waals surface area contributed by atoms with Crippen molar-refractivity contribution in [1.29, 1.82) is 0 Å². The van der Waals surface area contributed by atoms with Crippen LogP contribution < -0.4 is 4.74 Å². The van der Waals surface area contributed by atoms with Gasteiger partial charge in [-0.15, -0.1) is 0 Å². The topological polar surface area (TPSA) is 29.5 Å². The molecule has 0 amide bonds. The SMILES string of the molecule is O=C(Oc1ccc(Br)cc1C(=S)N1CCCCC1)c1ccc(Br)cc1. The monoisotopic (exact) mass is 481 g/mol. The van der Waals surface area contributed by atoms with E-state index >= 15 is 0 Å². The number of carbonyl (C=O) groups is 1. The summed E-state index contributed by atoms with van der Waals surface area (Å²) in [6.45, 7) is 1.90. The van der Waals surface area contributed by atoms with Gasteiger partial charge in [-0.05, 0) is 61.7 Å². The van der Waals surface area contributed by atoms with Crippen molar-refractivity contribution in [3.8, 4) is 5.75 Å². The van der Waals surface area contributed by atoms with Crippen molar-refractivity contribution in [3.05, 3.63) is 62.5 Å². The van der Waals surface area contributed by atoms with E-state index in [-0.39, 0.29) is 0 Å². The Morgan fingerprint density at radius 3 is 2.28 bits per heavy atom. The van der Waals surface area contributed by atoms with Gasteiger partial charge < -0.3 is 9.64 Å². The summed E-state index contributed by atoms with van der Waals surface area (Å²) in [6.07, 6.45) is 3.52. The van der Waals surface area contributed by atoms with E-state index < -0.39 is 5.97 Å². The maximum absolute atomic E-state index is 12.5. The summed E-state index contributed by atoms with van der Waals surface area (Å²) in [5.41, 5.74) is 1.28. The van der Waals surface area contributed by atoms with Crippen LogP contribution in [0.25, 0.3) is 0 Å². The number of carbonyl (C=O) groups excluding carboxylic acids is 1. The summed E-state index contributed by atoms with van der Waals surface area (Å²) >= 11 is 12.5. The molecule has 25 heavy (non-hydrogen) atoms. The van der Waals surface area contributed by atoms with Gasteiger partial charge in [0.2, 0.25) is 0 Å². The smallest absolute Gasteiger partial charge is 0.343 e. The highest BCUT2D eigenvalue weighted by Gasteiger charge is 2.20. The number of ether oxygens (including phenoxy) is 1. The second-order valence-corrected chi connectivity index (χ2v) is 8.11. The van der Waals surface area contributed by atoms with Gasteiger partial charge in [0.05, 0.1) is 11.1 Å². The Morgan fingerprint density at radius 1 is 0.960 bits per heavy atom. The predicted octanol–water partition coefficient (Wildman–Crippen LogP) is 5.59. The number of rotatable bonds is 3. The van der Waals surface area contributed by atoms with E-state index in [1.807, 2.05) is 24.3 Å². The van der Waals surface area contributed by atoms with Crippen LogP contribution in [0, 0.1) is 0 Å². The molecule has 6 heteroatoms. The molecule has 1 aliphatic rings. The van der Waals surface area contributed by atoms with Crippen LogP contribution in [0.3, 0.4) is 0 Å². The molecule has 0 saturated carbocycles. The molecule has 130 valence electrons. The van der Waals surface area contributed by atoms with Crippen molar-refractivity contribution in [2.24, 2.45) is 0 Å². The minimum atomic E-state index is -0.391. The van der Waals surface area contributed by atoms with E-state index in [2.05, 4.69) is 36.8 Å². The Morgan fingerprint density at radius 2 is 1.60 bits per heavy atom. The molecule has 0 radical (unpaired) electrons. The predicted molar refractivity (Wildman–Crippen MR) is 110 cm³/mol. The summed E-state index contributed by atoms with van der Waals surface area (Å²) in [5, 5.41) is 0. The van der Waals surface area contributed by atoms with Gasteiger partial charge in [0.25, 0.3) is 0 Å². The minimum absolute atomic E-state index is 0.391. The van der Waals surface area contributed by atoms with Crippen LogP contribution in [0.15, 0.2) is 51.4 Å². The number of piperidine rings is 1. The Kier molecular flexibility index (Phi) is 6.25. The van der Waals surface area contributed by atoms with Gasteiger partial charge >= 0.3 is 5.97 Å². The maximum atomic E-state index is 12.5. The Labute approximate surface area is 169 Å². The standard InChI is InChI=1S/C19H17Br2NO2S/c20-14-6-4-13(5-7-14)19(23)24-17-9-8-15(21)12-16(17)18(25)22-10-2-1-3-11-22/h4-9,12H,1-3,10-11H2. The van der Waals surface area contributed by atoms with E-state index in [4.69, 9.17) is 17.0 Å². The van der Waals surface area contributed by atoms with Gasteiger partial charge in [-0.25, -0.2) is 4.79 Å². The summed E-state index contributed by atoms with van der Waals surface area (Å²) in [6, 6.07) is 12.6. The zero-order valence-corrected chi connectivity index (χ0v) is 17.5. The summed E-state index contributed by atoms with van der Waals surface area (Å²) in [7, 11) is 0. The highest BCUT2D eigenvalue weighted by atomic mass is 79.9. The zero-order chi connectivity index (χ0) is 17.8. The molecular formula is C19H17Br2NO2S. The number of benzene rings is 2. The number of hydrogen-bond donors (Lipinski definition) is 0. The number of halogens is 2. The highest BCUT2D eigenvalue weighted by molar-refractivity contribution is 9.10. The van der Waals surface area contributed by atoms with Crippen LogP contribution in [-0.2, 0) is 0 Å². The first-order valence-corrected chi connectivity index (χ1v) is 10.1. The molecule has 0 spiro atoms. The quantitative estimate of drug-likeness (QED) is 0.324. The number of likely N-dealkylation sites (tertiary alicyclic amines) is 1. The van der Waals surface area contributed by atoms with Crippen molar-refractivity contribution in [3.63, 3.8) is 0 Å². The molecule has 0 aromatic heterocycles. The molecule has 1 saturated heterocycles. The second kappa shape index (κ2) is 8.43. The highest BCUT2D eigenvalue weighted by Crippen LogP contribution is 2.27. The van der Waals surface area contributed by atoms with Crippen LogP contribution in [-0.4, -0.2) is 28.9 Å². The van der Waals surface area contributed by atoms with Crippen LogP contribution in [0.1, 0.15) is 35.2 Å². The van der Waals surface area contributed by atoms with Gasteiger partial charge in [-0.3, -0.25) is 0 Å². The van der Waals surface area contributed by atoms with E-state index in [1.54, 1.807) is 18.2 Å². The normalized spacial score (nSPS) is 14.2. The van der Waals surface area contributed by atoms with Gasteiger partial charge in [-0.2, -0.15) is 0 Å². The molecule has 2 aromatic rings. The molecule has 1 aliphatic heterocycles. The molecule has 0 aliphatic carbocycles. The van der Waals surface area contributed by atoms with Gasteiger partial charge in [0.1, 0.15) is 10.7 Å². The van der Waals surface area contributed by atoms with Gasteiger partial charge in [0, 0.05) is 22.0 Å². The van der Waals surface area contributed by atoms with Crippen LogP contribution >= 0.6 is 44.1 Å². The third-order valence-electron chi connectivity index (χ3n) is 4.10. The molecule has 0 bridgehead atoms. The average molecular weight is 483 g/mol. The third-order valence-corrected chi connectivity index (χ3v) is 5.60. The minimum Gasteiger partial charge on any atom is -0.422 e. The Hall–Kier alpha value is -1.24. The average Bonchev–Trinajstić information content (AvgIpc) is 2.64. The van der Waals surface area contributed by atoms with Crippen molar-refractivity contribution in [1.82, 2.24) is 4.90 Å². The Balaban J connectivity index is 1.84. The van der Waals surface area contributed by atoms with Gasteiger partial charge in [-0.1, -0.05) is 44.1 Å². The first-order valence-electron chi connectivity index (χ1n) is 8.11. The number of hydrogen-bond acceptors (Lipinski definition) is 3. The number of thiocarbonyl (C=S) groups is 1. The molecule has 0 atom stereocenters. The van der Waals surface area contributed by atoms with Crippen molar-refractivity contribution < 1.29 is 9.53 Å².